The monoisotopic (exact) mass is 313 g/mol. The molecule has 3 heteroatoms. The van der Waals surface area contributed by atoms with E-state index in [0.717, 1.165) is 43.2 Å². The number of carbonyl (C=O) groups excluding carboxylic acids is 1. The minimum atomic E-state index is 0.309. The third kappa shape index (κ3) is 3.16. The number of nitrogens with zero attached hydrogens (tertiary/aromatic N) is 1. The summed E-state index contributed by atoms with van der Waals surface area (Å²) in [5.41, 5.74) is 3.38. The molecule has 1 heterocycles. The number of ether oxygens (including phenoxy) is 1. The highest BCUT2D eigenvalue weighted by atomic mass is 16.5. The Morgan fingerprint density at radius 1 is 1.17 bits per heavy atom. The Hall–Kier alpha value is -1.35. The number of fused-ring (bicyclic) bond motifs is 2. The topological polar surface area (TPSA) is 29.5 Å². The number of benzene rings is 1. The summed E-state index contributed by atoms with van der Waals surface area (Å²) in [6, 6.07) is 4.72. The molecule has 124 valence electrons. The Balaban J connectivity index is 1.49. The zero-order chi connectivity index (χ0) is 15.8. The predicted octanol–water partition coefficient (Wildman–Crippen LogP) is 3.63. The first-order valence-electron chi connectivity index (χ1n) is 9.30. The molecule has 4 rings (SSSR count). The number of Topliss-reactive ketones (excluding diaryl/α,β-unsaturated/α-hetero) is 1. The second-order valence-corrected chi connectivity index (χ2v) is 7.48. The normalized spacial score (nSPS) is 22.9. The quantitative estimate of drug-likeness (QED) is 0.803. The fourth-order valence-corrected chi connectivity index (χ4v) is 4.06. The van der Waals surface area contributed by atoms with Crippen LogP contribution in [-0.4, -0.2) is 36.4 Å². The molecule has 2 aliphatic carbocycles. The van der Waals surface area contributed by atoms with E-state index in [1.54, 1.807) is 0 Å². The lowest BCUT2D eigenvalue weighted by Gasteiger charge is -2.35. The molecule has 3 aliphatic rings. The van der Waals surface area contributed by atoms with Crippen molar-refractivity contribution in [2.24, 2.45) is 5.92 Å². The van der Waals surface area contributed by atoms with E-state index in [9.17, 15) is 4.79 Å². The van der Waals surface area contributed by atoms with E-state index in [0.29, 0.717) is 18.2 Å². The van der Waals surface area contributed by atoms with Gasteiger partial charge in [0.2, 0.25) is 0 Å². The van der Waals surface area contributed by atoms with Gasteiger partial charge in [-0.1, -0.05) is 19.8 Å². The highest BCUT2D eigenvalue weighted by molar-refractivity contribution is 6.00. The second-order valence-electron chi connectivity index (χ2n) is 7.48. The third-order valence-electron chi connectivity index (χ3n) is 5.64. The maximum Gasteiger partial charge on any atom is 0.163 e. The van der Waals surface area contributed by atoms with Crippen LogP contribution in [0.25, 0.3) is 0 Å². The molecule has 0 spiro atoms. The Labute approximate surface area is 139 Å². The molecule has 1 aromatic carbocycles. The van der Waals surface area contributed by atoms with Crippen molar-refractivity contribution in [1.82, 2.24) is 4.90 Å². The Morgan fingerprint density at radius 3 is 2.83 bits per heavy atom. The summed E-state index contributed by atoms with van der Waals surface area (Å²) in [5, 5.41) is 0. The van der Waals surface area contributed by atoms with Crippen LogP contribution >= 0.6 is 0 Å². The van der Waals surface area contributed by atoms with Crippen molar-refractivity contribution in [3.05, 3.63) is 28.8 Å². The van der Waals surface area contributed by atoms with Crippen LogP contribution in [-0.2, 0) is 12.8 Å². The molecule has 3 nitrogen and oxygen atoms in total. The second kappa shape index (κ2) is 6.27. The lowest BCUT2D eigenvalue weighted by atomic mass is 9.96. The Morgan fingerprint density at radius 2 is 2.04 bits per heavy atom. The van der Waals surface area contributed by atoms with Gasteiger partial charge in [-0.05, 0) is 68.0 Å². The Kier molecular flexibility index (Phi) is 4.14. The summed E-state index contributed by atoms with van der Waals surface area (Å²) in [6.45, 7) is 5.41. The molecule has 1 atom stereocenters. The van der Waals surface area contributed by atoms with Crippen LogP contribution in [0, 0.1) is 5.92 Å². The van der Waals surface area contributed by atoms with Crippen LogP contribution in [0.1, 0.15) is 60.5 Å². The van der Waals surface area contributed by atoms with Crippen LogP contribution < -0.4 is 4.74 Å². The molecule has 1 aromatic rings. The maximum absolute atomic E-state index is 12.0. The lowest BCUT2D eigenvalue weighted by Crippen LogP contribution is -2.44. The summed E-state index contributed by atoms with van der Waals surface area (Å²) in [7, 11) is 0. The summed E-state index contributed by atoms with van der Waals surface area (Å²) in [6.07, 6.45) is 7.97. The largest absolute Gasteiger partial charge is 0.492 e. The van der Waals surface area contributed by atoms with Gasteiger partial charge in [-0.2, -0.15) is 0 Å². The average molecular weight is 313 g/mol. The van der Waals surface area contributed by atoms with Crippen LogP contribution in [0.4, 0.5) is 0 Å². The van der Waals surface area contributed by atoms with E-state index >= 15 is 0 Å². The van der Waals surface area contributed by atoms with Crippen molar-refractivity contribution in [2.45, 2.75) is 57.9 Å². The fraction of sp³-hybridized carbons (Fsp3) is 0.650. The fourth-order valence-electron chi connectivity index (χ4n) is 4.06. The van der Waals surface area contributed by atoms with E-state index in [1.165, 1.54) is 43.4 Å². The van der Waals surface area contributed by atoms with Gasteiger partial charge in [0.15, 0.2) is 5.78 Å². The molecule has 1 unspecified atom stereocenters. The average Bonchev–Trinajstić information content (AvgIpc) is 3.33. The number of ketones is 1. The first-order valence-corrected chi connectivity index (χ1v) is 9.30. The van der Waals surface area contributed by atoms with Crippen molar-refractivity contribution in [1.29, 1.82) is 0 Å². The highest BCUT2D eigenvalue weighted by Gasteiger charge is 2.30. The van der Waals surface area contributed by atoms with Crippen LogP contribution in [0.5, 0.6) is 5.75 Å². The molecule has 1 aliphatic heterocycles. The van der Waals surface area contributed by atoms with E-state index in [1.807, 2.05) is 0 Å². The van der Waals surface area contributed by atoms with E-state index in [4.69, 9.17) is 4.74 Å². The van der Waals surface area contributed by atoms with Crippen LogP contribution in [0.2, 0.25) is 0 Å². The van der Waals surface area contributed by atoms with Gasteiger partial charge in [0, 0.05) is 18.0 Å². The number of rotatable bonds is 6. The predicted molar refractivity (Wildman–Crippen MR) is 91.3 cm³/mol. The maximum atomic E-state index is 12.0. The van der Waals surface area contributed by atoms with E-state index in [-0.39, 0.29) is 0 Å². The van der Waals surface area contributed by atoms with Gasteiger partial charge in [-0.25, -0.2) is 0 Å². The standard InChI is InChI=1S/C20H27NO2/c1-2-8-21(9-7-14-3-4-14)17-10-16-11-18-15(5-6-19(18)22)12-20(16)23-13-17/h11-12,14,17H,2-10,13H2,1H3. The van der Waals surface area contributed by atoms with Gasteiger partial charge in [-0.15, -0.1) is 0 Å². The van der Waals surface area contributed by atoms with Crippen LogP contribution in [0.15, 0.2) is 12.1 Å². The smallest absolute Gasteiger partial charge is 0.163 e. The molecule has 1 saturated carbocycles. The van der Waals surface area contributed by atoms with Crippen molar-refractivity contribution in [2.75, 3.05) is 19.7 Å². The molecule has 1 fully saturated rings. The minimum Gasteiger partial charge on any atom is -0.492 e. The first-order chi connectivity index (χ1) is 11.2. The van der Waals surface area contributed by atoms with Gasteiger partial charge in [-0.3, -0.25) is 9.69 Å². The number of hydrogen-bond donors (Lipinski definition) is 0. The van der Waals surface area contributed by atoms with Crippen LogP contribution in [0.3, 0.4) is 0 Å². The number of hydrogen-bond acceptors (Lipinski definition) is 3. The lowest BCUT2D eigenvalue weighted by molar-refractivity contribution is 0.0993. The molecule has 23 heavy (non-hydrogen) atoms. The molecule has 0 bridgehead atoms. The number of aryl methyl sites for hydroxylation is 1. The van der Waals surface area contributed by atoms with Gasteiger partial charge in [0.05, 0.1) is 0 Å². The van der Waals surface area contributed by atoms with Gasteiger partial charge >= 0.3 is 0 Å². The van der Waals surface area contributed by atoms with Crippen molar-refractivity contribution < 1.29 is 9.53 Å². The van der Waals surface area contributed by atoms with Crippen molar-refractivity contribution in [3.63, 3.8) is 0 Å². The van der Waals surface area contributed by atoms with Gasteiger partial charge in [0.1, 0.15) is 12.4 Å². The first kappa shape index (κ1) is 15.2. The van der Waals surface area contributed by atoms with Crippen molar-refractivity contribution >= 4 is 5.78 Å². The Bertz CT molecular complexity index is 606. The number of carbonyl (C=O) groups is 1. The summed E-state index contributed by atoms with van der Waals surface area (Å²) in [4.78, 5) is 14.6. The van der Waals surface area contributed by atoms with E-state index in [2.05, 4.69) is 24.0 Å². The summed E-state index contributed by atoms with van der Waals surface area (Å²) < 4.78 is 6.09. The van der Waals surface area contributed by atoms with Gasteiger partial charge < -0.3 is 4.74 Å². The molecule has 0 saturated heterocycles. The zero-order valence-corrected chi connectivity index (χ0v) is 14.1. The zero-order valence-electron chi connectivity index (χ0n) is 14.1. The summed E-state index contributed by atoms with van der Waals surface area (Å²) in [5.74, 6) is 2.31. The van der Waals surface area contributed by atoms with Gasteiger partial charge in [0.25, 0.3) is 0 Å². The highest BCUT2D eigenvalue weighted by Crippen LogP contribution is 2.35. The molecular weight excluding hydrogens is 286 g/mol. The SMILES string of the molecule is CCCN(CCC1CC1)C1COc2cc3c(cc2C1)C(=O)CC3. The molecule has 0 aromatic heterocycles. The summed E-state index contributed by atoms with van der Waals surface area (Å²) >= 11 is 0. The molecule has 0 N–H and O–H groups in total. The minimum absolute atomic E-state index is 0.309. The molecule has 0 radical (unpaired) electrons. The third-order valence-corrected chi connectivity index (χ3v) is 5.64. The molecular formula is C20H27NO2. The van der Waals surface area contributed by atoms with E-state index < -0.39 is 0 Å². The molecule has 0 amide bonds. The van der Waals surface area contributed by atoms with Crippen molar-refractivity contribution in [3.8, 4) is 5.75 Å².